The van der Waals surface area contributed by atoms with Crippen LogP contribution in [0.1, 0.15) is 37.5 Å². The van der Waals surface area contributed by atoms with E-state index in [1.54, 1.807) is 0 Å². The second kappa shape index (κ2) is 8.28. The largest absolute Gasteiger partial charge is 0.353 e. The lowest BCUT2D eigenvalue weighted by atomic mass is 9.98. The Morgan fingerprint density at radius 1 is 1.25 bits per heavy atom. The smallest absolute Gasteiger partial charge is 0.224 e. The van der Waals surface area contributed by atoms with Gasteiger partial charge in [-0.1, -0.05) is 30.7 Å². The maximum absolute atomic E-state index is 11.9. The van der Waals surface area contributed by atoms with Crippen molar-refractivity contribution in [2.24, 2.45) is 11.7 Å². The third-order valence-electron chi connectivity index (χ3n) is 3.62. The van der Waals surface area contributed by atoms with E-state index < -0.39 is 0 Å². The summed E-state index contributed by atoms with van der Waals surface area (Å²) in [6.45, 7) is 9.96. The fourth-order valence-electron chi connectivity index (χ4n) is 2.07. The van der Waals surface area contributed by atoms with Gasteiger partial charge in [0.25, 0.3) is 0 Å². The molecule has 0 aliphatic rings. The van der Waals surface area contributed by atoms with E-state index in [0.717, 1.165) is 6.42 Å². The number of hydrogen-bond acceptors (Lipinski definition) is 2. The van der Waals surface area contributed by atoms with E-state index in [1.807, 2.05) is 20.8 Å². The van der Waals surface area contributed by atoms with E-state index in [1.165, 1.54) is 16.7 Å². The van der Waals surface area contributed by atoms with Gasteiger partial charge in [0, 0.05) is 18.0 Å². The van der Waals surface area contributed by atoms with Crippen LogP contribution in [0.15, 0.2) is 18.2 Å². The Hall–Kier alpha value is -1.06. The summed E-state index contributed by atoms with van der Waals surface area (Å²) in [7, 11) is 0. The molecule has 3 atom stereocenters. The molecule has 1 aromatic carbocycles. The van der Waals surface area contributed by atoms with Gasteiger partial charge in [0.1, 0.15) is 0 Å². The van der Waals surface area contributed by atoms with Crippen LogP contribution in [-0.2, 0) is 11.2 Å². The summed E-state index contributed by atoms with van der Waals surface area (Å²) >= 11 is 0. The second-order valence-corrected chi connectivity index (χ2v) is 5.69. The molecule has 0 saturated heterocycles. The average molecular weight is 299 g/mol. The summed E-state index contributed by atoms with van der Waals surface area (Å²) in [6, 6.07) is 6.43. The van der Waals surface area contributed by atoms with E-state index in [4.69, 9.17) is 5.73 Å². The molecule has 3 N–H and O–H groups in total. The summed E-state index contributed by atoms with van der Waals surface area (Å²) in [6.07, 6.45) is 0.851. The third-order valence-corrected chi connectivity index (χ3v) is 3.62. The number of carbonyl (C=O) groups is 1. The van der Waals surface area contributed by atoms with Gasteiger partial charge in [0.05, 0.1) is 0 Å². The molecule has 4 heteroatoms. The molecule has 0 aliphatic heterocycles. The molecule has 1 rings (SSSR count). The predicted octanol–water partition coefficient (Wildman–Crippen LogP) is 2.76. The molecule has 0 aromatic heterocycles. The molecule has 0 bridgehead atoms. The molecule has 1 amide bonds. The number of nitrogens with one attached hydrogen (secondary N) is 1. The maximum atomic E-state index is 11.9. The Bertz CT molecular complexity index is 446. The lowest BCUT2D eigenvalue weighted by molar-refractivity contribution is -0.125. The van der Waals surface area contributed by atoms with Crippen molar-refractivity contribution in [3.05, 3.63) is 34.9 Å². The first-order chi connectivity index (χ1) is 8.81. The summed E-state index contributed by atoms with van der Waals surface area (Å²) in [5.74, 6) is -0.117. The molecule has 0 spiro atoms. The van der Waals surface area contributed by atoms with Gasteiger partial charge in [-0.15, -0.1) is 12.4 Å². The third kappa shape index (κ3) is 5.51. The van der Waals surface area contributed by atoms with Crippen molar-refractivity contribution in [3.8, 4) is 0 Å². The highest BCUT2D eigenvalue weighted by Gasteiger charge is 2.18. The molecule has 0 fully saturated rings. The van der Waals surface area contributed by atoms with Crippen molar-refractivity contribution in [2.75, 3.05) is 0 Å². The quantitative estimate of drug-likeness (QED) is 0.878. The molecule has 20 heavy (non-hydrogen) atoms. The Kier molecular flexibility index (Phi) is 7.84. The molecular weight excluding hydrogens is 272 g/mol. The lowest BCUT2D eigenvalue weighted by Gasteiger charge is -2.20. The summed E-state index contributed by atoms with van der Waals surface area (Å²) < 4.78 is 0. The van der Waals surface area contributed by atoms with E-state index in [-0.39, 0.29) is 36.3 Å². The van der Waals surface area contributed by atoms with E-state index in [9.17, 15) is 4.79 Å². The molecule has 1 aromatic rings. The fraction of sp³-hybridized carbons (Fsp3) is 0.562. The molecular formula is C16H27ClN2O. The average Bonchev–Trinajstić information content (AvgIpc) is 2.31. The number of halogens is 1. The van der Waals surface area contributed by atoms with Crippen LogP contribution in [0, 0.1) is 19.8 Å². The molecule has 0 aliphatic carbocycles. The number of hydrogen-bond donors (Lipinski definition) is 2. The first-order valence-electron chi connectivity index (χ1n) is 6.93. The summed E-state index contributed by atoms with van der Waals surface area (Å²) in [4.78, 5) is 11.9. The van der Waals surface area contributed by atoms with E-state index in [0.29, 0.717) is 0 Å². The number of aryl methyl sites for hydroxylation is 2. The second-order valence-electron chi connectivity index (χ2n) is 5.69. The Balaban J connectivity index is 0.00000361. The van der Waals surface area contributed by atoms with Crippen LogP contribution in [0.3, 0.4) is 0 Å². The highest BCUT2D eigenvalue weighted by Crippen LogP contribution is 2.13. The van der Waals surface area contributed by atoms with E-state index >= 15 is 0 Å². The molecule has 0 saturated carbocycles. The van der Waals surface area contributed by atoms with Crippen LogP contribution >= 0.6 is 12.4 Å². The van der Waals surface area contributed by atoms with Crippen LogP contribution in [-0.4, -0.2) is 18.0 Å². The van der Waals surface area contributed by atoms with Gasteiger partial charge in [-0.2, -0.15) is 0 Å². The maximum Gasteiger partial charge on any atom is 0.224 e. The minimum Gasteiger partial charge on any atom is -0.353 e. The van der Waals surface area contributed by atoms with Crippen LogP contribution in [0.2, 0.25) is 0 Å². The van der Waals surface area contributed by atoms with Crippen molar-refractivity contribution in [3.63, 3.8) is 0 Å². The molecule has 3 nitrogen and oxygen atoms in total. The van der Waals surface area contributed by atoms with Gasteiger partial charge in [0.2, 0.25) is 5.91 Å². The summed E-state index contributed by atoms with van der Waals surface area (Å²) in [5, 5.41) is 3.03. The molecule has 114 valence electrons. The zero-order chi connectivity index (χ0) is 14.6. The summed E-state index contributed by atoms with van der Waals surface area (Å²) in [5.41, 5.74) is 9.58. The van der Waals surface area contributed by atoms with Crippen molar-refractivity contribution < 1.29 is 4.79 Å². The van der Waals surface area contributed by atoms with Gasteiger partial charge in [-0.3, -0.25) is 4.79 Å². The number of amides is 1. The molecule has 3 unspecified atom stereocenters. The number of carbonyl (C=O) groups excluding carboxylic acids is 1. The Labute approximate surface area is 128 Å². The SMILES string of the molecule is Cc1ccc(CC(C)NC(=O)C(C)C(C)N)c(C)c1.Cl. The van der Waals surface area contributed by atoms with Crippen molar-refractivity contribution >= 4 is 18.3 Å². The Morgan fingerprint density at radius 3 is 2.35 bits per heavy atom. The first-order valence-corrected chi connectivity index (χ1v) is 6.93. The van der Waals surface area contributed by atoms with Crippen molar-refractivity contribution in [1.82, 2.24) is 5.32 Å². The van der Waals surface area contributed by atoms with Gasteiger partial charge in [0.15, 0.2) is 0 Å². The van der Waals surface area contributed by atoms with Gasteiger partial charge < -0.3 is 11.1 Å². The Morgan fingerprint density at radius 2 is 1.85 bits per heavy atom. The highest BCUT2D eigenvalue weighted by atomic mass is 35.5. The monoisotopic (exact) mass is 298 g/mol. The standard InChI is InChI=1S/C16H26N2O.ClH/c1-10-6-7-15(11(2)8-10)9-12(3)18-16(19)13(4)14(5)17;/h6-8,12-14H,9,17H2,1-5H3,(H,18,19);1H. The van der Waals surface area contributed by atoms with Crippen LogP contribution in [0.25, 0.3) is 0 Å². The zero-order valence-corrected chi connectivity index (χ0v) is 13.9. The minimum absolute atomic E-state index is 0. The highest BCUT2D eigenvalue weighted by molar-refractivity contribution is 5.85. The first kappa shape index (κ1) is 18.9. The van der Waals surface area contributed by atoms with Crippen molar-refractivity contribution in [1.29, 1.82) is 0 Å². The number of nitrogens with two attached hydrogens (primary N) is 1. The van der Waals surface area contributed by atoms with Gasteiger partial charge in [-0.25, -0.2) is 0 Å². The minimum atomic E-state index is -0.151. The van der Waals surface area contributed by atoms with Crippen LogP contribution in [0.4, 0.5) is 0 Å². The molecule has 0 radical (unpaired) electrons. The number of benzene rings is 1. The van der Waals surface area contributed by atoms with Crippen LogP contribution in [0.5, 0.6) is 0 Å². The fourth-order valence-corrected chi connectivity index (χ4v) is 2.07. The van der Waals surface area contributed by atoms with Crippen molar-refractivity contribution in [2.45, 2.75) is 53.1 Å². The normalized spacial score (nSPS) is 14.9. The van der Waals surface area contributed by atoms with Crippen LogP contribution < -0.4 is 11.1 Å². The zero-order valence-electron chi connectivity index (χ0n) is 13.1. The number of rotatable bonds is 5. The topological polar surface area (TPSA) is 55.1 Å². The molecule has 0 heterocycles. The lowest BCUT2D eigenvalue weighted by Crippen LogP contribution is -2.43. The van der Waals surface area contributed by atoms with Gasteiger partial charge in [-0.05, 0) is 45.2 Å². The van der Waals surface area contributed by atoms with E-state index in [2.05, 4.69) is 37.4 Å². The van der Waals surface area contributed by atoms with Gasteiger partial charge >= 0.3 is 0 Å². The predicted molar refractivity (Wildman–Crippen MR) is 87.3 cm³/mol.